The highest BCUT2D eigenvalue weighted by Crippen LogP contribution is 2.27. The number of rotatable bonds is 4. The number of hydrogen-bond donors (Lipinski definition) is 3. The fourth-order valence-corrected chi connectivity index (χ4v) is 1.61. The molecule has 0 spiro atoms. The van der Waals surface area contributed by atoms with E-state index in [9.17, 15) is 0 Å². The van der Waals surface area contributed by atoms with E-state index in [0.29, 0.717) is 6.54 Å². The van der Waals surface area contributed by atoms with Crippen molar-refractivity contribution in [3.63, 3.8) is 0 Å². The van der Waals surface area contributed by atoms with Crippen molar-refractivity contribution in [3.8, 4) is 5.75 Å². The summed E-state index contributed by atoms with van der Waals surface area (Å²) in [7, 11) is 0. The van der Waals surface area contributed by atoms with Gasteiger partial charge >= 0.3 is 0 Å². The lowest BCUT2D eigenvalue weighted by Gasteiger charge is -2.11. The molecule has 0 bridgehead atoms. The maximum atomic E-state index is 8.78. The molecular weight excluding hydrogens is 192 g/mol. The number of aliphatic hydroxyl groups is 1. The molecule has 2 rings (SSSR count). The summed E-state index contributed by atoms with van der Waals surface area (Å²) in [6.07, 6.45) is 0.969. The molecule has 0 radical (unpaired) electrons. The minimum Gasteiger partial charge on any atom is -0.493 e. The van der Waals surface area contributed by atoms with Gasteiger partial charge in [0.25, 0.3) is 0 Å². The van der Waals surface area contributed by atoms with Gasteiger partial charge in [-0.1, -0.05) is 0 Å². The maximum Gasteiger partial charge on any atom is 0.122 e. The zero-order valence-electron chi connectivity index (χ0n) is 8.57. The van der Waals surface area contributed by atoms with Gasteiger partial charge in [-0.05, 0) is 23.8 Å². The molecule has 82 valence electrons. The van der Waals surface area contributed by atoms with Gasteiger partial charge in [-0.25, -0.2) is 0 Å². The van der Waals surface area contributed by atoms with Crippen molar-refractivity contribution in [1.82, 2.24) is 0 Å². The molecule has 4 heteroatoms. The second-order valence-corrected chi connectivity index (χ2v) is 3.74. The second kappa shape index (κ2) is 4.51. The van der Waals surface area contributed by atoms with E-state index in [1.807, 2.05) is 12.1 Å². The third kappa shape index (κ3) is 2.40. The molecule has 0 aromatic heterocycles. The van der Waals surface area contributed by atoms with Crippen LogP contribution in [0.3, 0.4) is 0 Å². The molecule has 1 heterocycles. The van der Waals surface area contributed by atoms with Crippen LogP contribution in [0, 0.1) is 0 Å². The summed E-state index contributed by atoms with van der Waals surface area (Å²) in [5, 5.41) is 12.0. The fourth-order valence-electron chi connectivity index (χ4n) is 1.61. The predicted octanol–water partition coefficient (Wildman–Crippen LogP) is 0.353. The summed E-state index contributed by atoms with van der Waals surface area (Å²) >= 11 is 0. The van der Waals surface area contributed by atoms with Crippen LogP contribution in [-0.2, 0) is 6.42 Å². The summed E-state index contributed by atoms with van der Waals surface area (Å²) in [6.45, 7) is 1.35. The fraction of sp³-hybridized carbons (Fsp3) is 0.455. The number of nitrogens with one attached hydrogen (secondary N) is 1. The third-order valence-corrected chi connectivity index (χ3v) is 2.49. The first-order valence-electron chi connectivity index (χ1n) is 5.15. The zero-order valence-corrected chi connectivity index (χ0v) is 8.57. The molecule has 0 saturated heterocycles. The van der Waals surface area contributed by atoms with Crippen LogP contribution in [0.1, 0.15) is 5.56 Å². The number of fused-ring (bicyclic) bond motifs is 1. The van der Waals surface area contributed by atoms with Crippen LogP contribution in [0.25, 0.3) is 0 Å². The highest BCUT2D eigenvalue weighted by molar-refractivity contribution is 5.52. The topological polar surface area (TPSA) is 67.5 Å². The standard InChI is InChI=1S/C11H16N2O2/c12-9(7-14)6-13-10-1-2-11-8(5-10)3-4-15-11/h1-2,5,9,13-14H,3-4,6-7,12H2. The molecule has 4 N–H and O–H groups in total. The van der Waals surface area contributed by atoms with E-state index in [1.54, 1.807) is 0 Å². The average molecular weight is 208 g/mol. The van der Waals surface area contributed by atoms with Crippen LogP contribution in [0.2, 0.25) is 0 Å². The summed E-state index contributed by atoms with van der Waals surface area (Å²) in [4.78, 5) is 0. The van der Waals surface area contributed by atoms with Crippen LogP contribution in [0.15, 0.2) is 18.2 Å². The number of aliphatic hydroxyl groups excluding tert-OH is 1. The van der Waals surface area contributed by atoms with Crippen LogP contribution in [-0.4, -0.2) is 30.9 Å². The average Bonchev–Trinajstić information content (AvgIpc) is 2.72. The highest BCUT2D eigenvalue weighted by Gasteiger charge is 2.11. The lowest BCUT2D eigenvalue weighted by Crippen LogP contribution is -2.32. The zero-order chi connectivity index (χ0) is 10.7. The van der Waals surface area contributed by atoms with Crippen molar-refractivity contribution < 1.29 is 9.84 Å². The van der Waals surface area contributed by atoms with Crippen molar-refractivity contribution in [2.75, 3.05) is 25.1 Å². The molecule has 1 unspecified atom stereocenters. The van der Waals surface area contributed by atoms with Crippen molar-refractivity contribution in [2.24, 2.45) is 5.73 Å². The quantitative estimate of drug-likeness (QED) is 0.668. The molecule has 0 amide bonds. The van der Waals surface area contributed by atoms with E-state index in [4.69, 9.17) is 15.6 Å². The molecule has 1 atom stereocenters. The Hall–Kier alpha value is -1.26. The normalized spacial score (nSPS) is 15.6. The van der Waals surface area contributed by atoms with E-state index >= 15 is 0 Å². The van der Waals surface area contributed by atoms with Crippen LogP contribution < -0.4 is 15.8 Å². The molecule has 1 aromatic carbocycles. The SMILES string of the molecule is NC(CO)CNc1ccc2c(c1)CCO2. The molecule has 15 heavy (non-hydrogen) atoms. The number of hydrogen-bond acceptors (Lipinski definition) is 4. The van der Waals surface area contributed by atoms with Crippen molar-refractivity contribution in [3.05, 3.63) is 23.8 Å². The molecule has 1 aliphatic heterocycles. The first-order valence-corrected chi connectivity index (χ1v) is 5.15. The number of nitrogens with two attached hydrogens (primary N) is 1. The van der Waals surface area contributed by atoms with Crippen LogP contribution in [0.5, 0.6) is 5.75 Å². The van der Waals surface area contributed by atoms with Gasteiger partial charge in [0.2, 0.25) is 0 Å². The maximum absolute atomic E-state index is 8.78. The minimum absolute atomic E-state index is 0.00104. The van der Waals surface area contributed by atoms with Crippen LogP contribution >= 0.6 is 0 Å². The Bertz CT molecular complexity index is 341. The third-order valence-electron chi connectivity index (χ3n) is 2.49. The Morgan fingerprint density at radius 3 is 3.20 bits per heavy atom. The molecule has 4 nitrogen and oxygen atoms in total. The van der Waals surface area contributed by atoms with Gasteiger partial charge in [0.1, 0.15) is 5.75 Å². The van der Waals surface area contributed by atoms with E-state index in [2.05, 4.69) is 11.4 Å². The van der Waals surface area contributed by atoms with Gasteiger partial charge in [-0.2, -0.15) is 0 Å². The number of ether oxygens (including phenoxy) is 1. The van der Waals surface area contributed by atoms with Gasteiger partial charge in [-0.15, -0.1) is 0 Å². The molecular formula is C11H16N2O2. The van der Waals surface area contributed by atoms with Gasteiger partial charge in [0, 0.05) is 24.7 Å². The summed E-state index contributed by atoms with van der Waals surface area (Å²) in [6, 6.07) is 5.80. The highest BCUT2D eigenvalue weighted by atomic mass is 16.5. The molecule has 1 aliphatic rings. The second-order valence-electron chi connectivity index (χ2n) is 3.74. The lowest BCUT2D eigenvalue weighted by atomic mass is 10.1. The molecule has 1 aromatic rings. The van der Waals surface area contributed by atoms with Crippen LogP contribution in [0.4, 0.5) is 5.69 Å². The van der Waals surface area contributed by atoms with E-state index in [1.165, 1.54) is 5.56 Å². The molecule has 0 fully saturated rings. The Balaban J connectivity index is 1.98. The first-order chi connectivity index (χ1) is 7.29. The van der Waals surface area contributed by atoms with E-state index in [0.717, 1.165) is 24.5 Å². The van der Waals surface area contributed by atoms with Gasteiger partial charge < -0.3 is 20.9 Å². The largest absolute Gasteiger partial charge is 0.493 e. The number of anilines is 1. The Morgan fingerprint density at radius 2 is 2.40 bits per heavy atom. The number of benzene rings is 1. The molecule has 0 aliphatic carbocycles. The van der Waals surface area contributed by atoms with E-state index in [-0.39, 0.29) is 12.6 Å². The van der Waals surface area contributed by atoms with Gasteiger partial charge in [0.15, 0.2) is 0 Å². The predicted molar refractivity (Wildman–Crippen MR) is 59.2 cm³/mol. The lowest BCUT2D eigenvalue weighted by molar-refractivity contribution is 0.270. The minimum atomic E-state index is -0.213. The molecule has 0 saturated carbocycles. The summed E-state index contributed by atoms with van der Waals surface area (Å²) < 4.78 is 5.41. The van der Waals surface area contributed by atoms with Crippen molar-refractivity contribution in [1.29, 1.82) is 0 Å². The summed E-state index contributed by atoms with van der Waals surface area (Å²) in [5.74, 6) is 0.979. The Morgan fingerprint density at radius 1 is 1.53 bits per heavy atom. The van der Waals surface area contributed by atoms with E-state index < -0.39 is 0 Å². The monoisotopic (exact) mass is 208 g/mol. The van der Waals surface area contributed by atoms with Gasteiger partial charge in [-0.3, -0.25) is 0 Å². The van der Waals surface area contributed by atoms with Crippen molar-refractivity contribution in [2.45, 2.75) is 12.5 Å². The van der Waals surface area contributed by atoms with Crippen molar-refractivity contribution >= 4 is 5.69 Å². The summed E-state index contributed by atoms with van der Waals surface area (Å²) in [5.41, 5.74) is 7.86. The Labute approximate surface area is 89.0 Å². The first kappa shape index (κ1) is 10.3. The smallest absolute Gasteiger partial charge is 0.122 e. The van der Waals surface area contributed by atoms with Gasteiger partial charge in [0.05, 0.1) is 13.2 Å². The Kier molecular flexibility index (Phi) is 3.08.